The monoisotopic (exact) mass is 273 g/mol. The molecule has 0 unspecified atom stereocenters. The molecule has 0 saturated heterocycles. The van der Waals surface area contributed by atoms with Gasteiger partial charge in [-0.15, -0.1) is 0 Å². The van der Waals surface area contributed by atoms with E-state index < -0.39 is 11.7 Å². The maximum atomic E-state index is 12.6. The maximum Gasteiger partial charge on any atom is 0.417 e. The van der Waals surface area contributed by atoms with Crippen LogP contribution in [-0.4, -0.2) is 15.9 Å². The summed E-state index contributed by atoms with van der Waals surface area (Å²) in [4.78, 5) is 14.2. The molecule has 1 rings (SSSR count). The van der Waals surface area contributed by atoms with Gasteiger partial charge in [0.2, 0.25) is 0 Å². The Morgan fingerprint density at radius 1 is 1.50 bits per heavy atom. The normalized spacial score (nSPS) is 10.7. The molecule has 18 heavy (non-hydrogen) atoms. The highest BCUT2D eigenvalue weighted by Gasteiger charge is 2.32. The van der Waals surface area contributed by atoms with Crippen molar-refractivity contribution in [3.05, 3.63) is 29.6 Å². The molecule has 2 nitrogen and oxygen atoms in total. The molecule has 1 heterocycles. The summed E-state index contributed by atoms with van der Waals surface area (Å²) in [6.07, 6.45) is -1.90. The quantitative estimate of drug-likeness (QED) is 0.612. The van der Waals surface area contributed by atoms with Crippen LogP contribution in [0.25, 0.3) is 0 Å². The van der Waals surface area contributed by atoms with Crippen LogP contribution in [0.4, 0.5) is 13.2 Å². The highest BCUT2D eigenvalue weighted by atomic mass is 32.2. The average molecular weight is 273 g/mol. The standard InChI is InChI=1S/C12H10F3NOS/c1-9(17)18-7-3-2-4-10-8-16-6-5-11(10)12(13,14)15/h5-6,8H,3,7H2,1H3. The van der Waals surface area contributed by atoms with Gasteiger partial charge in [0.05, 0.1) is 11.1 Å². The molecule has 0 fully saturated rings. The van der Waals surface area contributed by atoms with Crippen molar-refractivity contribution in [2.24, 2.45) is 0 Å². The van der Waals surface area contributed by atoms with Gasteiger partial charge in [-0.25, -0.2) is 0 Å². The highest BCUT2D eigenvalue weighted by Crippen LogP contribution is 2.30. The lowest BCUT2D eigenvalue weighted by Gasteiger charge is -2.07. The number of rotatable bonds is 2. The molecule has 0 amide bonds. The van der Waals surface area contributed by atoms with Gasteiger partial charge in [-0.05, 0) is 6.07 Å². The molecule has 0 aliphatic heterocycles. The average Bonchev–Trinajstić information content (AvgIpc) is 2.27. The Morgan fingerprint density at radius 3 is 2.83 bits per heavy atom. The SMILES string of the molecule is CC(=O)SCCC#Cc1cnccc1C(F)(F)F. The van der Waals surface area contributed by atoms with E-state index in [0.717, 1.165) is 30.2 Å². The minimum atomic E-state index is -4.43. The zero-order valence-electron chi connectivity index (χ0n) is 9.54. The maximum absolute atomic E-state index is 12.6. The lowest BCUT2D eigenvalue weighted by Crippen LogP contribution is -2.07. The minimum Gasteiger partial charge on any atom is -0.288 e. The summed E-state index contributed by atoms with van der Waals surface area (Å²) >= 11 is 1.10. The van der Waals surface area contributed by atoms with E-state index >= 15 is 0 Å². The molecular formula is C12H10F3NOS. The van der Waals surface area contributed by atoms with Gasteiger partial charge in [0.1, 0.15) is 0 Å². The number of hydrogen-bond acceptors (Lipinski definition) is 3. The van der Waals surface area contributed by atoms with Crippen LogP contribution >= 0.6 is 11.8 Å². The number of hydrogen-bond donors (Lipinski definition) is 0. The van der Waals surface area contributed by atoms with Crippen molar-refractivity contribution in [2.75, 3.05) is 5.75 Å². The number of nitrogens with zero attached hydrogens (tertiary/aromatic N) is 1. The number of alkyl halides is 3. The predicted molar refractivity (Wildman–Crippen MR) is 63.9 cm³/mol. The third-order valence-corrected chi connectivity index (χ3v) is 2.70. The van der Waals surface area contributed by atoms with E-state index in [-0.39, 0.29) is 10.7 Å². The van der Waals surface area contributed by atoms with Crippen molar-refractivity contribution in [3.8, 4) is 11.8 Å². The first-order valence-electron chi connectivity index (χ1n) is 5.04. The highest BCUT2D eigenvalue weighted by molar-refractivity contribution is 8.13. The molecular weight excluding hydrogens is 263 g/mol. The van der Waals surface area contributed by atoms with E-state index in [4.69, 9.17) is 0 Å². The van der Waals surface area contributed by atoms with Crippen LogP contribution < -0.4 is 0 Å². The molecule has 1 aromatic heterocycles. The molecule has 0 N–H and O–H groups in total. The second-order valence-electron chi connectivity index (χ2n) is 3.31. The summed E-state index contributed by atoms with van der Waals surface area (Å²) in [5.74, 6) is 5.52. The Labute approximate surface area is 107 Å². The van der Waals surface area contributed by atoms with Crippen LogP contribution in [0.1, 0.15) is 24.5 Å². The molecule has 0 atom stereocenters. The summed E-state index contributed by atoms with van der Waals surface area (Å²) in [6, 6.07) is 0.897. The van der Waals surface area contributed by atoms with Gasteiger partial charge in [-0.1, -0.05) is 23.6 Å². The fraction of sp³-hybridized carbons (Fsp3) is 0.333. The van der Waals surface area contributed by atoms with E-state index in [9.17, 15) is 18.0 Å². The van der Waals surface area contributed by atoms with Crippen LogP contribution in [0.3, 0.4) is 0 Å². The molecule has 0 aliphatic rings. The Balaban J connectivity index is 2.73. The van der Waals surface area contributed by atoms with Crippen LogP contribution in [0.15, 0.2) is 18.5 Å². The number of carbonyl (C=O) groups is 1. The van der Waals surface area contributed by atoms with Crippen molar-refractivity contribution in [3.63, 3.8) is 0 Å². The van der Waals surface area contributed by atoms with Gasteiger partial charge >= 0.3 is 6.18 Å². The lowest BCUT2D eigenvalue weighted by molar-refractivity contribution is -0.137. The number of halogens is 3. The fourth-order valence-electron chi connectivity index (χ4n) is 1.14. The van der Waals surface area contributed by atoms with Crippen LogP contribution in [0.2, 0.25) is 0 Å². The van der Waals surface area contributed by atoms with Crippen LogP contribution in [0.5, 0.6) is 0 Å². The third kappa shape index (κ3) is 4.80. The minimum absolute atomic E-state index is 0.0332. The van der Waals surface area contributed by atoms with E-state index in [1.54, 1.807) is 0 Å². The smallest absolute Gasteiger partial charge is 0.288 e. The van der Waals surface area contributed by atoms with Gasteiger partial charge in [0.25, 0.3) is 0 Å². The second-order valence-corrected chi connectivity index (χ2v) is 4.58. The van der Waals surface area contributed by atoms with Crippen molar-refractivity contribution in [1.82, 2.24) is 4.98 Å². The van der Waals surface area contributed by atoms with Crippen molar-refractivity contribution < 1.29 is 18.0 Å². The molecule has 6 heteroatoms. The zero-order valence-corrected chi connectivity index (χ0v) is 10.4. The molecule has 0 saturated carbocycles. The number of carbonyl (C=O) groups excluding carboxylic acids is 1. The van der Waals surface area contributed by atoms with Crippen molar-refractivity contribution >= 4 is 16.9 Å². The Morgan fingerprint density at radius 2 is 2.22 bits per heavy atom. The summed E-state index contributed by atoms with van der Waals surface area (Å²) in [5, 5.41) is -0.0332. The Kier molecular flexibility index (Phi) is 5.23. The van der Waals surface area contributed by atoms with Crippen LogP contribution in [-0.2, 0) is 11.0 Å². The van der Waals surface area contributed by atoms with E-state index in [2.05, 4.69) is 16.8 Å². The molecule has 0 aromatic carbocycles. The van der Waals surface area contributed by atoms with Gasteiger partial charge in [0, 0.05) is 31.5 Å². The van der Waals surface area contributed by atoms with E-state index in [1.807, 2.05) is 0 Å². The first kappa shape index (κ1) is 14.6. The summed E-state index contributed by atoms with van der Waals surface area (Å²) in [6.45, 7) is 1.43. The van der Waals surface area contributed by atoms with Crippen LogP contribution in [0, 0.1) is 11.8 Å². The Bertz CT molecular complexity index is 488. The molecule has 96 valence electrons. The first-order chi connectivity index (χ1) is 8.41. The molecule has 0 radical (unpaired) electrons. The third-order valence-electron chi connectivity index (χ3n) is 1.88. The zero-order chi connectivity index (χ0) is 13.6. The summed E-state index contributed by atoms with van der Waals surface area (Å²) < 4.78 is 37.8. The van der Waals surface area contributed by atoms with Crippen molar-refractivity contribution in [2.45, 2.75) is 19.5 Å². The second kappa shape index (κ2) is 6.45. The summed E-state index contributed by atoms with van der Waals surface area (Å²) in [5.41, 5.74) is -0.929. The molecule has 1 aromatic rings. The van der Waals surface area contributed by atoms with Gasteiger partial charge in [-0.2, -0.15) is 13.2 Å². The van der Waals surface area contributed by atoms with Gasteiger partial charge < -0.3 is 0 Å². The largest absolute Gasteiger partial charge is 0.417 e. The number of pyridine rings is 1. The lowest BCUT2D eigenvalue weighted by atomic mass is 10.1. The first-order valence-corrected chi connectivity index (χ1v) is 6.03. The van der Waals surface area contributed by atoms with Crippen molar-refractivity contribution in [1.29, 1.82) is 0 Å². The molecule has 0 aliphatic carbocycles. The van der Waals surface area contributed by atoms with E-state index in [0.29, 0.717) is 12.2 Å². The number of aromatic nitrogens is 1. The predicted octanol–water partition coefficient (Wildman–Crippen LogP) is 3.12. The van der Waals surface area contributed by atoms with E-state index in [1.165, 1.54) is 6.92 Å². The van der Waals surface area contributed by atoms with Gasteiger partial charge in [-0.3, -0.25) is 9.78 Å². The molecule has 0 spiro atoms. The Hall–Kier alpha value is -1.48. The topological polar surface area (TPSA) is 30.0 Å². The fourth-order valence-corrected chi connectivity index (χ4v) is 1.64. The number of thioether (sulfide) groups is 1. The molecule has 0 bridgehead atoms. The summed E-state index contributed by atoms with van der Waals surface area (Å²) in [7, 11) is 0. The van der Waals surface area contributed by atoms with Gasteiger partial charge in [0.15, 0.2) is 5.12 Å².